The molecule has 1 aromatic rings. The smallest absolute Gasteiger partial charge is 0.278 e. The van der Waals surface area contributed by atoms with Crippen molar-refractivity contribution in [2.75, 3.05) is 36.1 Å². The van der Waals surface area contributed by atoms with Crippen molar-refractivity contribution in [3.63, 3.8) is 0 Å². The summed E-state index contributed by atoms with van der Waals surface area (Å²) in [5.74, 6) is 0.710. The molecule has 0 unspecified atom stereocenters. The third-order valence-electron chi connectivity index (χ3n) is 2.03. The van der Waals surface area contributed by atoms with Crippen LogP contribution >= 0.6 is 0 Å². The molecule has 0 fully saturated rings. The van der Waals surface area contributed by atoms with Gasteiger partial charge in [-0.05, 0) is 0 Å². The number of fused-ring (bicyclic) bond motifs is 1. The molecule has 6 heteroatoms. The number of nitrogens with zero attached hydrogens (tertiary/aromatic N) is 2. The Morgan fingerprint density at radius 3 is 3.15 bits per heavy atom. The number of hydrogen-bond acceptors (Lipinski definition) is 5. The maximum atomic E-state index is 11.4. The van der Waals surface area contributed by atoms with E-state index in [1.807, 2.05) is 11.9 Å². The van der Waals surface area contributed by atoms with Gasteiger partial charge in [0.05, 0.1) is 0 Å². The molecular formula is C7H11N5O. The van der Waals surface area contributed by atoms with Crippen LogP contribution in [0.25, 0.3) is 0 Å². The summed E-state index contributed by atoms with van der Waals surface area (Å²) in [4.78, 5) is 19.7. The van der Waals surface area contributed by atoms with Gasteiger partial charge in [0.2, 0.25) is 5.95 Å². The second kappa shape index (κ2) is 2.65. The second-order valence-corrected chi connectivity index (χ2v) is 3.00. The summed E-state index contributed by atoms with van der Waals surface area (Å²) in [7, 11) is 1.85. The standard InChI is InChI=1S/C7H11N5O/c1-12-3-2-9-5-4(12)6(13)11-7(8)10-5/h2-3H2,1H3,(H4,8,9,10,11,13). The average molecular weight is 181 g/mol. The van der Waals surface area contributed by atoms with E-state index in [-0.39, 0.29) is 11.5 Å². The van der Waals surface area contributed by atoms with E-state index in [1.165, 1.54) is 0 Å². The minimum atomic E-state index is -0.197. The van der Waals surface area contributed by atoms with Gasteiger partial charge in [0.1, 0.15) is 5.69 Å². The molecule has 2 heterocycles. The molecule has 0 aromatic carbocycles. The lowest BCUT2D eigenvalue weighted by Gasteiger charge is -2.26. The molecule has 4 N–H and O–H groups in total. The van der Waals surface area contributed by atoms with Crippen molar-refractivity contribution in [3.05, 3.63) is 10.4 Å². The summed E-state index contributed by atoms with van der Waals surface area (Å²) in [6, 6.07) is 0. The van der Waals surface area contributed by atoms with E-state index in [2.05, 4.69) is 15.3 Å². The van der Waals surface area contributed by atoms with Crippen LogP contribution < -0.4 is 21.5 Å². The molecule has 0 aliphatic carbocycles. The Morgan fingerprint density at radius 1 is 1.62 bits per heavy atom. The fourth-order valence-corrected chi connectivity index (χ4v) is 1.42. The van der Waals surface area contributed by atoms with Gasteiger partial charge in [-0.25, -0.2) is 0 Å². The Bertz CT molecular complexity index is 385. The zero-order valence-corrected chi connectivity index (χ0v) is 7.29. The topological polar surface area (TPSA) is 87.0 Å². The highest BCUT2D eigenvalue weighted by Crippen LogP contribution is 2.20. The third-order valence-corrected chi connectivity index (χ3v) is 2.03. The van der Waals surface area contributed by atoms with E-state index in [1.54, 1.807) is 0 Å². The number of rotatable bonds is 0. The van der Waals surface area contributed by atoms with Gasteiger partial charge in [-0.2, -0.15) is 4.98 Å². The quantitative estimate of drug-likeness (QED) is 0.488. The Hall–Kier alpha value is -1.72. The number of H-pyrrole nitrogens is 1. The first-order valence-electron chi connectivity index (χ1n) is 4.03. The molecule has 0 spiro atoms. The Kier molecular flexibility index (Phi) is 1.61. The first-order valence-corrected chi connectivity index (χ1v) is 4.03. The van der Waals surface area contributed by atoms with Crippen LogP contribution in [-0.4, -0.2) is 30.1 Å². The maximum absolute atomic E-state index is 11.4. The van der Waals surface area contributed by atoms with Gasteiger partial charge in [-0.15, -0.1) is 0 Å². The summed E-state index contributed by atoms with van der Waals surface area (Å²) in [5, 5.41) is 3.02. The molecule has 0 bridgehead atoms. The summed E-state index contributed by atoms with van der Waals surface area (Å²) in [6.45, 7) is 1.57. The number of anilines is 3. The van der Waals surface area contributed by atoms with E-state index < -0.39 is 0 Å². The molecule has 2 rings (SSSR count). The number of nitrogen functional groups attached to an aromatic ring is 1. The SMILES string of the molecule is CN1CCNc2nc(N)[nH]c(=O)c21. The van der Waals surface area contributed by atoms with E-state index in [4.69, 9.17) is 5.73 Å². The van der Waals surface area contributed by atoms with Crippen molar-refractivity contribution in [2.45, 2.75) is 0 Å². The zero-order valence-electron chi connectivity index (χ0n) is 7.29. The van der Waals surface area contributed by atoms with Crippen LogP contribution in [0.4, 0.5) is 17.5 Å². The van der Waals surface area contributed by atoms with Crippen LogP contribution in [0, 0.1) is 0 Å². The highest BCUT2D eigenvalue weighted by Gasteiger charge is 2.18. The number of nitrogens with one attached hydrogen (secondary N) is 2. The number of aromatic amines is 1. The fourth-order valence-electron chi connectivity index (χ4n) is 1.42. The van der Waals surface area contributed by atoms with Crippen molar-refractivity contribution < 1.29 is 0 Å². The van der Waals surface area contributed by atoms with E-state index >= 15 is 0 Å². The maximum Gasteiger partial charge on any atom is 0.278 e. The summed E-state index contributed by atoms with van der Waals surface area (Å²) in [5.41, 5.74) is 5.76. The Balaban J connectivity index is 2.63. The van der Waals surface area contributed by atoms with E-state index in [9.17, 15) is 4.79 Å². The first-order chi connectivity index (χ1) is 6.18. The lowest BCUT2D eigenvalue weighted by molar-refractivity contribution is 0.859. The van der Waals surface area contributed by atoms with Gasteiger partial charge in [-0.1, -0.05) is 0 Å². The molecule has 70 valence electrons. The predicted octanol–water partition coefficient (Wildman–Crippen LogP) is -0.786. The molecular weight excluding hydrogens is 170 g/mol. The van der Waals surface area contributed by atoms with Crippen LogP contribution in [0.1, 0.15) is 0 Å². The number of hydrogen-bond donors (Lipinski definition) is 3. The highest BCUT2D eigenvalue weighted by molar-refractivity contribution is 5.67. The lowest BCUT2D eigenvalue weighted by atomic mass is 10.3. The molecule has 0 atom stereocenters. The summed E-state index contributed by atoms with van der Waals surface area (Å²) < 4.78 is 0. The van der Waals surface area contributed by atoms with Gasteiger partial charge in [-0.3, -0.25) is 9.78 Å². The summed E-state index contributed by atoms with van der Waals surface area (Å²) in [6.07, 6.45) is 0. The van der Waals surface area contributed by atoms with Gasteiger partial charge in [0.25, 0.3) is 5.56 Å². The second-order valence-electron chi connectivity index (χ2n) is 3.00. The lowest BCUT2D eigenvalue weighted by Crippen LogP contribution is -2.36. The van der Waals surface area contributed by atoms with Crippen LogP contribution in [0.2, 0.25) is 0 Å². The van der Waals surface area contributed by atoms with Crippen molar-refractivity contribution in [3.8, 4) is 0 Å². The van der Waals surface area contributed by atoms with Gasteiger partial charge < -0.3 is 16.0 Å². The van der Waals surface area contributed by atoms with Crippen LogP contribution in [0.5, 0.6) is 0 Å². The number of nitrogens with two attached hydrogens (primary N) is 1. The third kappa shape index (κ3) is 1.20. The van der Waals surface area contributed by atoms with Crippen molar-refractivity contribution in [1.29, 1.82) is 0 Å². The number of aromatic nitrogens is 2. The molecule has 0 radical (unpaired) electrons. The Morgan fingerprint density at radius 2 is 2.38 bits per heavy atom. The zero-order chi connectivity index (χ0) is 9.42. The fraction of sp³-hybridized carbons (Fsp3) is 0.429. The molecule has 0 saturated carbocycles. The first kappa shape index (κ1) is 7.90. The minimum Gasteiger partial charge on any atom is -0.369 e. The van der Waals surface area contributed by atoms with Crippen LogP contribution in [0.15, 0.2) is 4.79 Å². The van der Waals surface area contributed by atoms with Crippen molar-refractivity contribution >= 4 is 17.5 Å². The summed E-state index contributed by atoms with van der Waals surface area (Å²) >= 11 is 0. The monoisotopic (exact) mass is 181 g/mol. The van der Waals surface area contributed by atoms with Crippen molar-refractivity contribution in [1.82, 2.24) is 9.97 Å². The number of likely N-dealkylation sites (N-methyl/N-ethyl adjacent to an activating group) is 1. The molecule has 13 heavy (non-hydrogen) atoms. The molecule has 0 amide bonds. The van der Waals surface area contributed by atoms with Crippen molar-refractivity contribution in [2.24, 2.45) is 0 Å². The highest BCUT2D eigenvalue weighted by atomic mass is 16.1. The molecule has 1 aromatic heterocycles. The van der Waals surface area contributed by atoms with Gasteiger partial charge in [0.15, 0.2) is 5.82 Å². The molecule has 1 aliphatic rings. The van der Waals surface area contributed by atoms with Gasteiger partial charge in [0, 0.05) is 20.1 Å². The van der Waals surface area contributed by atoms with E-state index in [0.717, 1.165) is 13.1 Å². The van der Waals surface area contributed by atoms with Crippen LogP contribution in [-0.2, 0) is 0 Å². The normalized spacial score (nSPS) is 15.0. The molecule has 1 aliphatic heterocycles. The largest absolute Gasteiger partial charge is 0.369 e. The average Bonchev–Trinajstić information content (AvgIpc) is 2.02. The van der Waals surface area contributed by atoms with E-state index in [0.29, 0.717) is 11.5 Å². The van der Waals surface area contributed by atoms with Gasteiger partial charge >= 0.3 is 0 Å². The minimum absolute atomic E-state index is 0.145. The Labute approximate surface area is 74.8 Å². The molecule has 0 saturated heterocycles. The van der Waals surface area contributed by atoms with Crippen LogP contribution in [0.3, 0.4) is 0 Å². The molecule has 6 nitrogen and oxygen atoms in total. The predicted molar refractivity (Wildman–Crippen MR) is 51.0 cm³/mol.